The zero-order valence-electron chi connectivity index (χ0n) is 11.9. The van der Waals surface area contributed by atoms with Crippen molar-refractivity contribution in [3.8, 4) is 11.5 Å². The van der Waals surface area contributed by atoms with Crippen LogP contribution in [-0.2, 0) is 0 Å². The van der Waals surface area contributed by atoms with Crippen LogP contribution in [-0.4, -0.2) is 12.6 Å². The smallest absolute Gasteiger partial charge is 0.231 e. The van der Waals surface area contributed by atoms with Gasteiger partial charge in [-0.05, 0) is 42.8 Å². The molecule has 0 amide bonds. The third kappa shape index (κ3) is 2.93. The lowest BCUT2D eigenvalue weighted by molar-refractivity contribution is 0.104. The maximum absolute atomic E-state index is 13.6. The van der Waals surface area contributed by atoms with Gasteiger partial charge in [0.1, 0.15) is 5.82 Å². The van der Waals surface area contributed by atoms with Gasteiger partial charge in [0.15, 0.2) is 17.3 Å². The molecule has 22 heavy (non-hydrogen) atoms. The van der Waals surface area contributed by atoms with E-state index < -0.39 is 0 Å². The van der Waals surface area contributed by atoms with Crippen LogP contribution in [0.25, 0.3) is 0 Å². The lowest BCUT2D eigenvalue weighted by Gasteiger charge is -2.04. The highest BCUT2D eigenvalue weighted by atomic mass is 19.1. The molecule has 1 aliphatic heterocycles. The van der Waals surface area contributed by atoms with Crippen molar-refractivity contribution in [3.63, 3.8) is 0 Å². The van der Waals surface area contributed by atoms with Crippen LogP contribution in [0.5, 0.6) is 11.5 Å². The predicted molar refractivity (Wildman–Crippen MR) is 80.8 cm³/mol. The molecule has 4 nitrogen and oxygen atoms in total. The maximum atomic E-state index is 13.6. The number of hydrogen-bond acceptors (Lipinski definition) is 4. The molecule has 0 atom stereocenters. The summed E-state index contributed by atoms with van der Waals surface area (Å²) in [6, 6.07) is 9.71. The van der Waals surface area contributed by atoms with Gasteiger partial charge in [-0.15, -0.1) is 0 Å². The van der Waals surface area contributed by atoms with E-state index >= 15 is 0 Å². The summed E-state index contributed by atoms with van der Waals surface area (Å²) in [5.41, 5.74) is 1.74. The van der Waals surface area contributed by atoms with E-state index in [1.54, 1.807) is 30.3 Å². The molecule has 0 spiro atoms. The standard InChI is InChI=1S/C17H14FNO3/c1-11-2-4-13(18)14(8-11)19-7-6-15(20)12-3-5-16-17(9-12)22-10-21-16/h2-9,19H,10H2,1H3/b7-6+. The van der Waals surface area contributed by atoms with E-state index in [0.29, 0.717) is 22.7 Å². The van der Waals surface area contributed by atoms with E-state index in [1.807, 2.05) is 6.92 Å². The number of ketones is 1. The Morgan fingerprint density at radius 2 is 2.00 bits per heavy atom. The Balaban J connectivity index is 1.70. The van der Waals surface area contributed by atoms with Crippen LogP contribution in [0.3, 0.4) is 0 Å². The van der Waals surface area contributed by atoms with Gasteiger partial charge in [0.25, 0.3) is 0 Å². The quantitative estimate of drug-likeness (QED) is 0.691. The van der Waals surface area contributed by atoms with Gasteiger partial charge < -0.3 is 14.8 Å². The molecular formula is C17H14FNO3. The van der Waals surface area contributed by atoms with Crippen molar-refractivity contribution in [3.05, 3.63) is 65.6 Å². The van der Waals surface area contributed by atoms with Gasteiger partial charge >= 0.3 is 0 Å². The largest absolute Gasteiger partial charge is 0.454 e. The Hall–Kier alpha value is -2.82. The van der Waals surface area contributed by atoms with Crippen LogP contribution in [0.2, 0.25) is 0 Å². The third-order valence-corrected chi connectivity index (χ3v) is 3.25. The average molecular weight is 299 g/mol. The number of hydrogen-bond donors (Lipinski definition) is 1. The highest BCUT2D eigenvalue weighted by Gasteiger charge is 2.15. The summed E-state index contributed by atoms with van der Waals surface area (Å²) >= 11 is 0. The van der Waals surface area contributed by atoms with E-state index in [1.165, 1.54) is 18.3 Å². The highest BCUT2D eigenvalue weighted by molar-refractivity contribution is 6.05. The Kier molecular flexibility index (Phi) is 3.78. The van der Waals surface area contributed by atoms with E-state index in [9.17, 15) is 9.18 Å². The van der Waals surface area contributed by atoms with Crippen LogP contribution in [0, 0.1) is 12.7 Å². The summed E-state index contributed by atoms with van der Waals surface area (Å²) in [6.07, 6.45) is 2.77. The van der Waals surface area contributed by atoms with Crippen molar-refractivity contribution >= 4 is 11.5 Å². The number of nitrogens with one attached hydrogen (secondary N) is 1. The second kappa shape index (κ2) is 5.89. The molecule has 1 aliphatic rings. The minimum absolute atomic E-state index is 0.164. The number of carbonyl (C=O) groups excluding carboxylic acids is 1. The summed E-state index contributed by atoms with van der Waals surface area (Å²) in [4.78, 5) is 12.1. The normalized spacial score (nSPS) is 12.6. The molecule has 2 aromatic carbocycles. The highest BCUT2D eigenvalue weighted by Crippen LogP contribution is 2.32. The molecule has 0 saturated heterocycles. The number of anilines is 1. The second-order valence-electron chi connectivity index (χ2n) is 4.89. The fraction of sp³-hybridized carbons (Fsp3) is 0.118. The first-order valence-electron chi connectivity index (χ1n) is 6.77. The Morgan fingerprint density at radius 3 is 2.86 bits per heavy atom. The Bertz CT molecular complexity index is 756. The number of halogens is 1. The van der Waals surface area contributed by atoms with Gasteiger partial charge in [-0.1, -0.05) is 6.07 Å². The molecule has 0 aromatic heterocycles. The fourth-order valence-electron chi connectivity index (χ4n) is 2.10. The fourth-order valence-corrected chi connectivity index (χ4v) is 2.10. The first-order valence-corrected chi connectivity index (χ1v) is 6.77. The van der Waals surface area contributed by atoms with E-state index in [-0.39, 0.29) is 18.4 Å². The number of benzene rings is 2. The molecule has 0 radical (unpaired) electrons. The van der Waals surface area contributed by atoms with Crippen LogP contribution < -0.4 is 14.8 Å². The van der Waals surface area contributed by atoms with Crippen molar-refractivity contribution in [2.75, 3.05) is 12.1 Å². The first-order chi connectivity index (χ1) is 10.6. The molecule has 0 unspecified atom stereocenters. The molecule has 3 rings (SSSR count). The van der Waals surface area contributed by atoms with Crippen LogP contribution in [0.4, 0.5) is 10.1 Å². The van der Waals surface area contributed by atoms with E-state index in [0.717, 1.165) is 5.56 Å². The monoisotopic (exact) mass is 299 g/mol. The van der Waals surface area contributed by atoms with Gasteiger partial charge in [0, 0.05) is 17.8 Å². The van der Waals surface area contributed by atoms with Crippen LogP contribution in [0.1, 0.15) is 15.9 Å². The van der Waals surface area contributed by atoms with Gasteiger partial charge in [0.05, 0.1) is 5.69 Å². The molecule has 1 N–H and O–H groups in total. The SMILES string of the molecule is Cc1ccc(F)c(N/C=C/C(=O)c2ccc3c(c2)OCO3)c1. The number of carbonyl (C=O) groups is 1. The number of rotatable bonds is 4. The second-order valence-corrected chi connectivity index (χ2v) is 4.89. The zero-order valence-corrected chi connectivity index (χ0v) is 11.9. The first kappa shape index (κ1) is 14.1. The predicted octanol–water partition coefficient (Wildman–Crippen LogP) is 3.67. The third-order valence-electron chi connectivity index (χ3n) is 3.25. The molecule has 2 aromatic rings. The zero-order chi connectivity index (χ0) is 15.5. The summed E-state index contributed by atoms with van der Waals surface area (Å²) in [5.74, 6) is 0.599. The summed E-state index contributed by atoms with van der Waals surface area (Å²) in [7, 11) is 0. The molecule has 0 aliphatic carbocycles. The summed E-state index contributed by atoms with van der Waals surface area (Å²) in [6.45, 7) is 2.03. The van der Waals surface area contributed by atoms with Crippen molar-refractivity contribution < 1.29 is 18.7 Å². The molecule has 1 heterocycles. The lowest BCUT2D eigenvalue weighted by atomic mass is 10.1. The topological polar surface area (TPSA) is 47.6 Å². The number of aryl methyl sites for hydroxylation is 1. The van der Waals surface area contributed by atoms with Gasteiger partial charge in [-0.3, -0.25) is 4.79 Å². The van der Waals surface area contributed by atoms with E-state index in [4.69, 9.17) is 9.47 Å². The Labute approximate surface area is 127 Å². The van der Waals surface area contributed by atoms with Crippen molar-refractivity contribution in [2.45, 2.75) is 6.92 Å². The molecular weight excluding hydrogens is 285 g/mol. The molecule has 0 fully saturated rings. The molecule has 0 saturated carbocycles. The number of allylic oxidation sites excluding steroid dienone is 1. The van der Waals surface area contributed by atoms with Gasteiger partial charge in [-0.25, -0.2) is 4.39 Å². The van der Waals surface area contributed by atoms with Crippen molar-refractivity contribution in [2.24, 2.45) is 0 Å². The van der Waals surface area contributed by atoms with Gasteiger partial charge in [0.2, 0.25) is 6.79 Å². The minimum Gasteiger partial charge on any atom is -0.454 e. The van der Waals surface area contributed by atoms with E-state index in [2.05, 4.69) is 5.32 Å². The minimum atomic E-state index is -0.370. The van der Waals surface area contributed by atoms with Crippen LogP contribution >= 0.6 is 0 Å². The number of ether oxygens (including phenoxy) is 2. The number of fused-ring (bicyclic) bond motifs is 1. The summed E-state index contributed by atoms with van der Waals surface area (Å²) < 4.78 is 24.0. The average Bonchev–Trinajstić information content (AvgIpc) is 2.98. The maximum Gasteiger partial charge on any atom is 0.231 e. The molecule has 0 bridgehead atoms. The van der Waals surface area contributed by atoms with Crippen molar-refractivity contribution in [1.29, 1.82) is 0 Å². The van der Waals surface area contributed by atoms with Gasteiger partial charge in [-0.2, -0.15) is 0 Å². The molecule has 112 valence electrons. The lowest BCUT2D eigenvalue weighted by Crippen LogP contribution is -1.97. The molecule has 5 heteroatoms. The summed E-state index contributed by atoms with van der Waals surface area (Å²) in [5, 5.41) is 2.77. The Morgan fingerprint density at radius 1 is 1.18 bits per heavy atom. The van der Waals surface area contributed by atoms with Crippen LogP contribution in [0.15, 0.2) is 48.7 Å². The van der Waals surface area contributed by atoms with Crippen molar-refractivity contribution in [1.82, 2.24) is 0 Å².